The summed E-state index contributed by atoms with van der Waals surface area (Å²) in [5.74, 6) is 0.697. The average Bonchev–Trinajstić information content (AvgIpc) is 2.92. The number of carbonyl (C=O) groups excluding carboxylic acids is 1. The van der Waals surface area contributed by atoms with Gasteiger partial charge in [0.25, 0.3) is 5.56 Å². The summed E-state index contributed by atoms with van der Waals surface area (Å²) in [6.45, 7) is 3.37. The normalized spacial score (nSPS) is 15.5. The molecule has 0 aromatic carbocycles. The van der Waals surface area contributed by atoms with Crippen LogP contribution in [0.4, 0.5) is 11.8 Å². The fourth-order valence-corrected chi connectivity index (χ4v) is 3.42. The second-order valence-corrected chi connectivity index (χ2v) is 6.91. The Kier molecular flexibility index (Phi) is 4.79. The van der Waals surface area contributed by atoms with E-state index in [9.17, 15) is 9.59 Å². The minimum absolute atomic E-state index is 0.00252. The van der Waals surface area contributed by atoms with E-state index in [1.165, 1.54) is 6.07 Å². The largest absolute Gasteiger partial charge is 0.369 e. The highest BCUT2D eigenvalue weighted by molar-refractivity contribution is 7.09. The molecule has 2 aromatic rings. The van der Waals surface area contributed by atoms with Crippen molar-refractivity contribution >= 4 is 29.0 Å². The molecule has 128 valence electrons. The maximum atomic E-state index is 12.1. The molecule has 2 aromatic heterocycles. The van der Waals surface area contributed by atoms with Crippen LogP contribution in [-0.2, 0) is 11.2 Å². The van der Waals surface area contributed by atoms with Gasteiger partial charge in [-0.3, -0.25) is 14.6 Å². The molecular formula is C15H20N6O2S. The zero-order chi connectivity index (χ0) is 17.1. The predicted octanol–water partition coefficient (Wildman–Crippen LogP) is 0.445. The minimum atomic E-state index is -0.258. The predicted molar refractivity (Wildman–Crippen MR) is 93.2 cm³/mol. The van der Waals surface area contributed by atoms with Crippen molar-refractivity contribution in [1.29, 1.82) is 0 Å². The van der Waals surface area contributed by atoms with Crippen LogP contribution in [0, 0.1) is 6.92 Å². The highest BCUT2D eigenvalue weighted by Gasteiger charge is 2.22. The Bertz CT molecular complexity index is 778. The maximum absolute atomic E-state index is 12.1. The molecule has 0 atom stereocenters. The third kappa shape index (κ3) is 4.10. The summed E-state index contributed by atoms with van der Waals surface area (Å²) < 4.78 is 0. The summed E-state index contributed by atoms with van der Waals surface area (Å²) in [5, 5.41) is 5.94. The monoisotopic (exact) mass is 348 g/mol. The zero-order valence-corrected chi connectivity index (χ0v) is 14.2. The van der Waals surface area contributed by atoms with Crippen molar-refractivity contribution in [2.45, 2.75) is 32.2 Å². The summed E-state index contributed by atoms with van der Waals surface area (Å²) in [6, 6.07) is 1.58. The Labute approximate surface area is 143 Å². The summed E-state index contributed by atoms with van der Waals surface area (Å²) in [6.07, 6.45) is 1.92. The first-order valence-corrected chi connectivity index (χ1v) is 8.70. The number of rotatable bonds is 4. The molecule has 9 heteroatoms. The molecule has 0 saturated carbocycles. The van der Waals surface area contributed by atoms with Crippen LogP contribution in [0.3, 0.4) is 0 Å². The van der Waals surface area contributed by atoms with Gasteiger partial charge >= 0.3 is 0 Å². The summed E-state index contributed by atoms with van der Waals surface area (Å²) in [5.41, 5.74) is 6.14. The molecule has 1 aliphatic heterocycles. The van der Waals surface area contributed by atoms with Crippen molar-refractivity contribution in [2.24, 2.45) is 0 Å². The lowest BCUT2D eigenvalue weighted by atomic mass is 10.0. The number of nitrogens with zero attached hydrogens (tertiary/aromatic N) is 3. The lowest BCUT2D eigenvalue weighted by molar-refractivity contribution is -0.121. The van der Waals surface area contributed by atoms with Crippen molar-refractivity contribution in [3.8, 4) is 0 Å². The highest BCUT2D eigenvalue weighted by atomic mass is 32.1. The maximum Gasteiger partial charge on any atom is 0.254 e. The lowest BCUT2D eigenvalue weighted by Crippen LogP contribution is -2.45. The van der Waals surface area contributed by atoms with Crippen LogP contribution in [0.2, 0.25) is 0 Å². The summed E-state index contributed by atoms with van der Waals surface area (Å²) in [7, 11) is 0. The van der Waals surface area contributed by atoms with Crippen LogP contribution in [0.15, 0.2) is 16.2 Å². The number of anilines is 2. The highest BCUT2D eigenvalue weighted by Crippen LogP contribution is 2.17. The van der Waals surface area contributed by atoms with Gasteiger partial charge in [-0.05, 0) is 19.8 Å². The van der Waals surface area contributed by atoms with E-state index in [2.05, 4.69) is 20.3 Å². The molecule has 1 saturated heterocycles. The molecule has 24 heavy (non-hydrogen) atoms. The molecule has 0 radical (unpaired) electrons. The van der Waals surface area contributed by atoms with Gasteiger partial charge in [0.05, 0.1) is 17.1 Å². The number of aryl methyl sites for hydroxylation is 1. The van der Waals surface area contributed by atoms with Crippen molar-refractivity contribution < 1.29 is 4.79 Å². The fourth-order valence-electron chi connectivity index (χ4n) is 2.81. The first-order chi connectivity index (χ1) is 11.5. The average molecular weight is 348 g/mol. The summed E-state index contributed by atoms with van der Waals surface area (Å²) in [4.78, 5) is 36.5. The molecule has 1 fully saturated rings. The van der Waals surface area contributed by atoms with Gasteiger partial charge < -0.3 is 16.0 Å². The van der Waals surface area contributed by atoms with E-state index >= 15 is 0 Å². The number of piperidine rings is 1. The van der Waals surface area contributed by atoms with E-state index in [4.69, 9.17) is 5.73 Å². The number of hydrogen-bond acceptors (Lipinski definition) is 7. The van der Waals surface area contributed by atoms with Gasteiger partial charge in [-0.15, -0.1) is 11.3 Å². The van der Waals surface area contributed by atoms with Crippen LogP contribution >= 0.6 is 11.3 Å². The van der Waals surface area contributed by atoms with Gasteiger partial charge in [0, 0.05) is 30.6 Å². The van der Waals surface area contributed by atoms with Crippen molar-refractivity contribution in [1.82, 2.24) is 20.3 Å². The van der Waals surface area contributed by atoms with Gasteiger partial charge in [0.1, 0.15) is 5.82 Å². The Morgan fingerprint density at radius 2 is 2.21 bits per heavy atom. The van der Waals surface area contributed by atoms with Crippen molar-refractivity contribution in [2.75, 3.05) is 23.7 Å². The number of H-pyrrole nitrogens is 1. The Hall–Kier alpha value is -2.42. The molecule has 3 heterocycles. The van der Waals surface area contributed by atoms with Gasteiger partial charge in [0.2, 0.25) is 11.9 Å². The third-order valence-electron chi connectivity index (χ3n) is 3.94. The Balaban J connectivity index is 1.51. The number of amides is 1. The number of thiazole rings is 1. The van der Waals surface area contributed by atoms with Gasteiger partial charge in [-0.25, -0.2) is 4.98 Å². The molecular weight excluding hydrogens is 328 g/mol. The van der Waals surface area contributed by atoms with Crippen LogP contribution < -0.4 is 21.5 Å². The fraction of sp³-hybridized carbons (Fsp3) is 0.467. The molecule has 0 bridgehead atoms. The molecule has 4 N–H and O–H groups in total. The number of carbonyl (C=O) groups is 1. The topological polar surface area (TPSA) is 117 Å². The standard InChI is InChI=1S/C15H20N6O2S/c1-9-17-11(8-24-9)6-13(22)18-10-2-4-21(5-3-10)12-7-14(23)20-15(16)19-12/h7-8,10H,2-6H2,1H3,(H,18,22)(H3,16,19,20,23). The number of aromatic nitrogens is 3. The van der Waals surface area contributed by atoms with Crippen molar-refractivity contribution in [3.63, 3.8) is 0 Å². The van der Waals surface area contributed by atoms with E-state index in [1.54, 1.807) is 11.3 Å². The van der Waals surface area contributed by atoms with Gasteiger partial charge in [0.15, 0.2) is 0 Å². The van der Waals surface area contributed by atoms with E-state index in [1.807, 2.05) is 17.2 Å². The molecule has 3 rings (SSSR count). The molecule has 1 amide bonds. The number of nitrogens with one attached hydrogen (secondary N) is 2. The van der Waals surface area contributed by atoms with Gasteiger partial charge in [-0.1, -0.05) is 0 Å². The van der Waals surface area contributed by atoms with Crippen LogP contribution in [-0.4, -0.2) is 40.0 Å². The van der Waals surface area contributed by atoms with E-state index < -0.39 is 0 Å². The number of nitrogens with two attached hydrogens (primary N) is 1. The zero-order valence-electron chi connectivity index (χ0n) is 13.4. The number of aromatic amines is 1. The van der Waals surface area contributed by atoms with Gasteiger partial charge in [-0.2, -0.15) is 4.98 Å². The Morgan fingerprint density at radius 3 is 2.83 bits per heavy atom. The minimum Gasteiger partial charge on any atom is -0.369 e. The van der Waals surface area contributed by atoms with Crippen molar-refractivity contribution in [3.05, 3.63) is 32.5 Å². The van der Waals surface area contributed by atoms with E-state index in [-0.39, 0.29) is 23.5 Å². The quantitative estimate of drug-likeness (QED) is 0.738. The first-order valence-electron chi connectivity index (χ1n) is 7.82. The molecule has 0 spiro atoms. The second-order valence-electron chi connectivity index (χ2n) is 5.85. The molecule has 8 nitrogen and oxygen atoms in total. The SMILES string of the molecule is Cc1nc(CC(=O)NC2CCN(c3cc(=O)[nH]c(N)n3)CC2)cs1. The van der Waals surface area contributed by atoms with Crippen LogP contribution in [0.25, 0.3) is 0 Å². The second kappa shape index (κ2) is 7.00. The number of hydrogen-bond donors (Lipinski definition) is 3. The lowest BCUT2D eigenvalue weighted by Gasteiger charge is -2.33. The molecule has 0 aliphatic carbocycles. The van der Waals surface area contributed by atoms with E-state index in [0.717, 1.165) is 36.6 Å². The summed E-state index contributed by atoms with van der Waals surface area (Å²) >= 11 is 1.55. The Morgan fingerprint density at radius 1 is 1.46 bits per heavy atom. The number of nitrogen functional groups attached to an aromatic ring is 1. The smallest absolute Gasteiger partial charge is 0.254 e. The third-order valence-corrected chi connectivity index (χ3v) is 4.76. The first kappa shape index (κ1) is 16.4. The van der Waals surface area contributed by atoms with E-state index in [0.29, 0.717) is 12.2 Å². The van der Waals surface area contributed by atoms with Crippen LogP contribution in [0.1, 0.15) is 23.5 Å². The molecule has 0 unspecified atom stereocenters. The molecule has 1 aliphatic rings. The van der Waals surface area contributed by atoms with Crippen LogP contribution in [0.5, 0.6) is 0 Å².